The summed E-state index contributed by atoms with van der Waals surface area (Å²) in [5.41, 5.74) is 4.00. The quantitative estimate of drug-likeness (QED) is 0.613. The Morgan fingerprint density at radius 3 is 2.42 bits per heavy atom. The van der Waals surface area contributed by atoms with Gasteiger partial charge >= 0.3 is 0 Å². The highest BCUT2D eigenvalue weighted by Crippen LogP contribution is 2.21. The van der Waals surface area contributed by atoms with Crippen LogP contribution in [0.4, 0.5) is 5.82 Å². The normalized spacial score (nSPS) is 10.8. The molecule has 0 bridgehead atoms. The molecule has 4 rings (SSSR count). The number of anilines is 1. The van der Waals surface area contributed by atoms with Crippen molar-refractivity contribution in [1.29, 1.82) is 0 Å². The summed E-state index contributed by atoms with van der Waals surface area (Å²) in [6, 6.07) is 11.9. The van der Waals surface area contributed by atoms with Gasteiger partial charge in [0.1, 0.15) is 5.82 Å². The lowest BCUT2D eigenvalue weighted by atomic mass is 10.2. The van der Waals surface area contributed by atoms with Crippen LogP contribution in [0.2, 0.25) is 0 Å². The van der Waals surface area contributed by atoms with Crippen molar-refractivity contribution in [3.05, 3.63) is 72.9 Å². The van der Waals surface area contributed by atoms with Crippen LogP contribution in [0.1, 0.15) is 5.56 Å². The SMILES string of the molecule is c1cc(CCNc2cc(-c3ccncc3)nc3ccnn23)ccn1. The van der Waals surface area contributed by atoms with Crippen molar-refractivity contribution in [3.8, 4) is 11.3 Å². The lowest BCUT2D eigenvalue weighted by Gasteiger charge is -2.10. The molecule has 4 aromatic rings. The van der Waals surface area contributed by atoms with E-state index in [9.17, 15) is 0 Å². The molecule has 0 aliphatic heterocycles. The maximum Gasteiger partial charge on any atom is 0.157 e. The van der Waals surface area contributed by atoms with Gasteiger partial charge in [-0.2, -0.15) is 9.61 Å². The minimum atomic E-state index is 0.804. The predicted octanol–water partition coefficient (Wildman–Crippen LogP) is 2.84. The standard InChI is InChI=1S/C18H16N6/c1-7-19-8-2-14(1)3-11-21-18-13-16(15-4-9-20-10-5-15)23-17-6-12-22-24(17)18/h1-2,4-10,12-13,21H,3,11H2. The van der Waals surface area contributed by atoms with Crippen molar-refractivity contribution in [3.63, 3.8) is 0 Å². The van der Waals surface area contributed by atoms with Crippen molar-refractivity contribution < 1.29 is 0 Å². The molecule has 0 unspecified atom stereocenters. The highest BCUT2D eigenvalue weighted by molar-refractivity contribution is 5.65. The maximum atomic E-state index is 4.66. The number of pyridine rings is 2. The average Bonchev–Trinajstić information content (AvgIpc) is 3.12. The molecule has 24 heavy (non-hydrogen) atoms. The number of fused-ring (bicyclic) bond motifs is 1. The molecule has 118 valence electrons. The smallest absolute Gasteiger partial charge is 0.157 e. The third kappa shape index (κ3) is 2.94. The van der Waals surface area contributed by atoms with Gasteiger partial charge < -0.3 is 5.32 Å². The Balaban J connectivity index is 1.60. The van der Waals surface area contributed by atoms with E-state index in [2.05, 4.69) is 25.4 Å². The van der Waals surface area contributed by atoms with Crippen LogP contribution in [-0.2, 0) is 6.42 Å². The van der Waals surface area contributed by atoms with Crippen LogP contribution in [0.25, 0.3) is 16.9 Å². The van der Waals surface area contributed by atoms with Crippen molar-refractivity contribution in [2.45, 2.75) is 6.42 Å². The minimum absolute atomic E-state index is 0.804. The fourth-order valence-electron chi connectivity index (χ4n) is 2.59. The molecule has 0 saturated carbocycles. The van der Waals surface area contributed by atoms with E-state index in [0.717, 1.165) is 35.7 Å². The first kappa shape index (κ1) is 14.3. The molecule has 6 nitrogen and oxygen atoms in total. The van der Waals surface area contributed by atoms with Gasteiger partial charge in [-0.15, -0.1) is 0 Å². The molecule has 4 heterocycles. The van der Waals surface area contributed by atoms with Gasteiger partial charge in [-0.25, -0.2) is 4.98 Å². The predicted molar refractivity (Wildman–Crippen MR) is 92.6 cm³/mol. The largest absolute Gasteiger partial charge is 0.370 e. The molecule has 0 aliphatic rings. The van der Waals surface area contributed by atoms with E-state index in [1.807, 2.05) is 53.3 Å². The Bertz CT molecular complexity index is 934. The Kier molecular flexibility index (Phi) is 3.85. The Labute approximate surface area is 139 Å². The summed E-state index contributed by atoms with van der Waals surface area (Å²) >= 11 is 0. The van der Waals surface area contributed by atoms with Crippen LogP contribution in [-0.4, -0.2) is 31.1 Å². The lowest BCUT2D eigenvalue weighted by molar-refractivity contribution is 0.913. The van der Waals surface area contributed by atoms with E-state index in [-0.39, 0.29) is 0 Å². The fraction of sp³-hybridized carbons (Fsp3) is 0.111. The Morgan fingerprint density at radius 1 is 0.875 bits per heavy atom. The highest BCUT2D eigenvalue weighted by atomic mass is 15.3. The molecule has 1 N–H and O–H groups in total. The maximum absolute atomic E-state index is 4.66. The van der Waals surface area contributed by atoms with E-state index in [1.165, 1.54) is 5.56 Å². The van der Waals surface area contributed by atoms with Crippen LogP contribution >= 0.6 is 0 Å². The number of hydrogen-bond acceptors (Lipinski definition) is 5. The summed E-state index contributed by atoms with van der Waals surface area (Å²) in [4.78, 5) is 12.8. The fourth-order valence-corrected chi connectivity index (χ4v) is 2.59. The van der Waals surface area contributed by atoms with E-state index in [0.29, 0.717) is 0 Å². The average molecular weight is 316 g/mol. The number of nitrogens with zero attached hydrogens (tertiary/aromatic N) is 5. The molecule has 0 radical (unpaired) electrons. The zero-order chi connectivity index (χ0) is 16.2. The molecular weight excluding hydrogens is 300 g/mol. The van der Waals surface area contributed by atoms with Crippen molar-refractivity contribution in [2.75, 3.05) is 11.9 Å². The molecule has 6 heteroatoms. The zero-order valence-corrected chi connectivity index (χ0v) is 13.0. The van der Waals surface area contributed by atoms with Crippen LogP contribution in [0, 0.1) is 0 Å². The summed E-state index contributed by atoms with van der Waals surface area (Å²) in [6.45, 7) is 0.804. The monoisotopic (exact) mass is 316 g/mol. The van der Waals surface area contributed by atoms with E-state index in [1.54, 1.807) is 18.6 Å². The highest BCUT2D eigenvalue weighted by Gasteiger charge is 2.08. The second kappa shape index (κ2) is 6.45. The first-order chi connectivity index (χ1) is 11.9. The van der Waals surface area contributed by atoms with Gasteiger partial charge in [-0.1, -0.05) is 0 Å². The first-order valence-corrected chi connectivity index (χ1v) is 7.78. The first-order valence-electron chi connectivity index (χ1n) is 7.78. The van der Waals surface area contributed by atoms with Gasteiger partial charge in [-0.05, 0) is 36.2 Å². The topological polar surface area (TPSA) is 68.0 Å². The van der Waals surface area contributed by atoms with E-state index < -0.39 is 0 Å². The summed E-state index contributed by atoms with van der Waals surface area (Å²) in [6.07, 6.45) is 9.84. The van der Waals surface area contributed by atoms with Crippen LogP contribution < -0.4 is 5.32 Å². The van der Waals surface area contributed by atoms with Crippen molar-refractivity contribution in [2.24, 2.45) is 0 Å². The summed E-state index contributed by atoms with van der Waals surface area (Å²) in [5, 5.41) is 7.81. The number of aromatic nitrogens is 5. The Morgan fingerprint density at radius 2 is 1.62 bits per heavy atom. The molecule has 0 amide bonds. The van der Waals surface area contributed by atoms with E-state index in [4.69, 9.17) is 0 Å². The third-order valence-electron chi connectivity index (χ3n) is 3.80. The van der Waals surface area contributed by atoms with Crippen LogP contribution in [0.15, 0.2) is 67.4 Å². The van der Waals surface area contributed by atoms with Gasteiger partial charge in [0.25, 0.3) is 0 Å². The molecule has 0 atom stereocenters. The van der Waals surface area contributed by atoms with Gasteiger partial charge in [0.15, 0.2) is 5.65 Å². The molecule has 0 aliphatic carbocycles. The second-order valence-electron chi connectivity index (χ2n) is 5.40. The molecule has 0 fully saturated rings. The van der Waals surface area contributed by atoms with E-state index >= 15 is 0 Å². The van der Waals surface area contributed by atoms with Gasteiger partial charge in [0.05, 0.1) is 11.9 Å². The minimum Gasteiger partial charge on any atom is -0.370 e. The summed E-state index contributed by atoms with van der Waals surface area (Å²) < 4.78 is 1.82. The van der Waals surface area contributed by atoms with Crippen molar-refractivity contribution in [1.82, 2.24) is 24.6 Å². The molecule has 0 aromatic carbocycles. The number of hydrogen-bond donors (Lipinski definition) is 1. The molecular formula is C18H16N6. The second-order valence-corrected chi connectivity index (χ2v) is 5.40. The molecule has 0 spiro atoms. The van der Waals surface area contributed by atoms with Crippen molar-refractivity contribution >= 4 is 11.5 Å². The Hall–Kier alpha value is -3.28. The van der Waals surface area contributed by atoms with Gasteiger partial charge in [-0.3, -0.25) is 9.97 Å². The molecule has 0 saturated heterocycles. The van der Waals surface area contributed by atoms with Crippen LogP contribution in [0.3, 0.4) is 0 Å². The molecule has 4 aromatic heterocycles. The van der Waals surface area contributed by atoms with Gasteiger partial charge in [0.2, 0.25) is 0 Å². The summed E-state index contributed by atoms with van der Waals surface area (Å²) in [7, 11) is 0. The number of rotatable bonds is 5. The number of nitrogens with one attached hydrogen (secondary N) is 1. The lowest BCUT2D eigenvalue weighted by Crippen LogP contribution is -2.10. The van der Waals surface area contributed by atoms with Gasteiger partial charge in [0, 0.05) is 49.0 Å². The van der Waals surface area contributed by atoms with Crippen LogP contribution in [0.5, 0.6) is 0 Å². The third-order valence-corrected chi connectivity index (χ3v) is 3.80. The summed E-state index contributed by atoms with van der Waals surface area (Å²) in [5.74, 6) is 0.922. The zero-order valence-electron chi connectivity index (χ0n) is 13.0.